The number of furan rings is 1. The molecule has 3 atom stereocenters. The summed E-state index contributed by atoms with van der Waals surface area (Å²) in [6.07, 6.45) is 5.22. The van der Waals surface area contributed by atoms with Gasteiger partial charge in [0.2, 0.25) is 17.7 Å². The molecule has 3 amide bonds. The highest BCUT2D eigenvalue weighted by Crippen LogP contribution is 2.38. The van der Waals surface area contributed by atoms with Gasteiger partial charge in [0.05, 0.1) is 18.1 Å². The quantitative estimate of drug-likeness (QED) is 0.781. The first-order valence-electron chi connectivity index (χ1n) is 9.88. The topological polar surface area (TPSA) is 79.6 Å². The molecule has 2 heterocycles. The highest BCUT2D eigenvalue weighted by molar-refractivity contribution is 6.05. The molecule has 1 saturated carbocycles. The minimum atomic E-state index is -0.406. The summed E-state index contributed by atoms with van der Waals surface area (Å²) in [5.41, 5.74) is 0.908. The van der Waals surface area contributed by atoms with Gasteiger partial charge in [0.15, 0.2) is 0 Å². The van der Waals surface area contributed by atoms with Crippen molar-refractivity contribution in [3.8, 4) is 0 Å². The van der Waals surface area contributed by atoms with E-state index in [9.17, 15) is 14.4 Å². The summed E-state index contributed by atoms with van der Waals surface area (Å²) in [5.74, 6) is -0.144. The van der Waals surface area contributed by atoms with Crippen molar-refractivity contribution in [2.75, 3.05) is 6.54 Å². The molecule has 1 aromatic carbocycles. The fourth-order valence-corrected chi connectivity index (χ4v) is 4.32. The monoisotopic (exact) mass is 380 g/mol. The first-order chi connectivity index (χ1) is 13.6. The van der Waals surface area contributed by atoms with Crippen molar-refractivity contribution in [1.29, 1.82) is 0 Å². The van der Waals surface area contributed by atoms with Crippen molar-refractivity contribution in [3.63, 3.8) is 0 Å². The summed E-state index contributed by atoms with van der Waals surface area (Å²) in [6.45, 7) is 0.135. The Kier molecular flexibility index (Phi) is 5.28. The Morgan fingerprint density at radius 1 is 1.04 bits per heavy atom. The van der Waals surface area contributed by atoms with Crippen LogP contribution in [0.4, 0.5) is 0 Å². The van der Waals surface area contributed by atoms with E-state index >= 15 is 0 Å². The maximum atomic E-state index is 12.6. The van der Waals surface area contributed by atoms with E-state index in [1.165, 1.54) is 4.90 Å². The number of carbonyl (C=O) groups is 3. The second-order valence-electron chi connectivity index (χ2n) is 7.50. The van der Waals surface area contributed by atoms with Gasteiger partial charge in [0.1, 0.15) is 11.8 Å². The number of rotatable bonds is 6. The highest BCUT2D eigenvalue weighted by Gasteiger charge is 2.47. The average molecular weight is 380 g/mol. The summed E-state index contributed by atoms with van der Waals surface area (Å²) < 4.78 is 5.49. The Morgan fingerprint density at radius 2 is 1.71 bits per heavy atom. The second-order valence-corrected chi connectivity index (χ2v) is 7.50. The molecular weight excluding hydrogens is 356 g/mol. The largest absolute Gasteiger partial charge is 0.467 e. The number of likely N-dealkylation sites (tertiary alicyclic amines) is 1. The van der Waals surface area contributed by atoms with Crippen LogP contribution < -0.4 is 5.32 Å². The number of imide groups is 1. The lowest BCUT2D eigenvalue weighted by Gasteiger charge is -2.19. The standard InChI is InChI=1S/C22H24N2O4/c25-19(12-13-24-21(26)16-9-4-5-10-17(16)22(24)27)23-20(18-11-6-14-28-18)15-7-2-1-3-8-15/h1-3,6-8,11,14,16-17,20H,4-5,9-10,12-13H2,(H,23,25)/t16-,17-,20+/m0/s1. The van der Waals surface area contributed by atoms with Gasteiger partial charge in [-0.2, -0.15) is 0 Å². The Balaban J connectivity index is 1.41. The number of amides is 3. The van der Waals surface area contributed by atoms with E-state index in [2.05, 4.69) is 5.32 Å². The zero-order chi connectivity index (χ0) is 19.5. The molecule has 1 aromatic heterocycles. The minimum absolute atomic E-state index is 0.0843. The van der Waals surface area contributed by atoms with Crippen LogP contribution >= 0.6 is 0 Å². The third kappa shape index (κ3) is 3.59. The minimum Gasteiger partial charge on any atom is -0.467 e. The van der Waals surface area contributed by atoms with Crippen molar-refractivity contribution < 1.29 is 18.8 Å². The molecule has 2 fully saturated rings. The fourth-order valence-electron chi connectivity index (χ4n) is 4.32. The normalized spacial score (nSPS) is 22.8. The predicted octanol–water partition coefficient (Wildman–Crippen LogP) is 3.05. The summed E-state index contributed by atoms with van der Waals surface area (Å²) in [4.78, 5) is 39.0. The molecule has 2 aromatic rings. The molecule has 1 N–H and O–H groups in total. The Labute approximate surface area is 163 Å². The molecule has 0 radical (unpaired) electrons. The zero-order valence-electron chi connectivity index (χ0n) is 15.7. The molecule has 0 spiro atoms. The van der Waals surface area contributed by atoms with Gasteiger partial charge >= 0.3 is 0 Å². The number of hydrogen-bond acceptors (Lipinski definition) is 4. The molecule has 6 heteroatoms. The van der Waals surface area contributed by atoms with Crippen molar-refractivity contribution in [2.45, 2.75) is 38.1 Å². The van der Waals surface area contributed by atoms with Gasteiger partial charge in [0, 0.05) is 13.0 Å². The number of benzene rings is 1. The lowest BCUT2D eigenvalue weighted by atomic mass is 9.81. The highest BCUT2D eigenvalue weighted by atomic mass is 16.3. The van der Waals surface area contributed by atoms with E-state index in [0.717, 1.165) is 31.2 Å². The zero-order valence-corrected chi connectivity index (χ0v) is 15.7. The van der Waals surface area contributed by atoms with E-state index in [1.54, 1.807) is 12.3 Å². The summed E-state index contributed by atoms with van der Waals surface area (Å²) in [6, 6.07) is 12.8. The molecule has 2 aliphatic rings. The first kappa shape index (κ1) is 18.5. The molecule has 28 heavy (non-hydrogen) atoms. The predicted molar refractivity (Wildman–Crippen MR) is 102 cm³/mol. The van der Waals surface area contributed by atoms with Crippen LogP contribution in [0.15, 0.2) is 53.1 Å². The van der Waals surface area contributed by atoms with Crippen LogP contribution in [0.25, 0.3) is 0 Å². The van der Waals surface area contributed by atoms with E-state index in [-0.39, 0.29) is 42.5 Å². The van der Waals surface area contributed by atoms with Crippen LogP contribution in [-0.2, 0) is 14.4 Å². The van der Waals surface area contributed by atoms with Gasteiger partial charge in [-0.25, -0.2) is 0 Å². The van der Waals surface area contributed by atoms with Crippen LogP contribution in [0.3, 0.4) is 0 Å². The Morgan fingerprint density at radius 3 is 2.32 bits per heavy atom. The third-order valence-electron chi connectivity index (χ3n) is 5.76. The van der Waals surface area contributed by atoms with Crippen LogP contribution in [0.1, 0.15) is 49.5 Å². The van der Waals surface area contributed by atoms with Crippen LogP contribution in [0, 0.1) is 11.8 Å². The lowest BCUT2D eigenvalue weighted by Crippen LogP contribution is -2.36. The average Bonchev–Trinajstić information content (AvgIpc) is 3.34. The number of nitrogens with one attached hydrogen (secondary N) is 1. The Bertz CT molecular complexity index is 823. The Hall–Kier alpha value is -2.89. The molecule has 146 valence electrons. The van der Waals surface area contributed by atoms with E-state index in [0.29, 0.717) is 5.76 Å². The number of fused-ring (bicyclic) bond motifs is 1. The van der Waals surface area contributed by atoms with Gasteiger partial charge in [-0.1, -0.05) is 43.2 Å². The summed E-state index contributed by atoms with van der Waals surface area (Å²) >= 11 is 0. The van der Waals surface area contributed by atoms with E-state index in [4.69, 9.17) is 4.42 Å². The number of carbonyl (C=O) groups excluding carboxylic acids is 3. The molecule has 1 aliphatic heterocycles. The van der Waals surface area contributed by atoms with Gasteiger partial charge < -0.3 is 9.73 Å². The van der Waals surface area contributed by atoms with Gasteiger partial charge in [-0.05, 0) is 30.5 Å². The van der Waals surface area contributed by atoms with Crippen molar-refractivity contribution >= 4 is 17.7 Å². The van der Waals surface area contributed by atoms with Gasteiger partial charge in [-0.3, -0.25) is 19.3 Å². The maximum Gasteiger partial charge on any atom is 0.233 e. The SMILES string of the molecule is O=C(CCN1C(=O)[C@H]2CCCC[C@@H]2C1=O)N[C@H](c1ccccc1)c1ccco1. The third-order valence-corrected chi connectivity index (χ3v) is 5.76. The molecule has 0 unspecified atom stereocenters. The molecule has 4 rings (SSSR count). The molecule has 0 bridgehead atoms. The molecular formula is C22H24N2O4. The maximum absolute atomic E-state index is 12.6. The van der Waals surface area contributed by atoms with Crippen LogP contribution in [0.2, 0.25) is 0 Å². The van der Waals surface area contributed by atoms with Crippen LogP contribution in [-0.4, -0.2) is 29.2 Å². The summed E-state index contributed by atoms with van der Waals surface area (Å²) in [5, 5.41) is 2.97. The van der Waals surface area contributed by atoms with Crippen molar-refractivity contribution in [1.82, 2.24) is 10.2 Å². The fraction of sp³-hybridized carbons (Fsp3) is 0.409. The van der Waals surface area contributed by atoms with E-state index in [1.807, 2.05) is 36.4 Å². The lowest BCUT2D eigenvalue weighted by molar-refractivity contribution is -0.140. The second kappa shape index (κ2) is 8.00. The van der Waals surface area contributed by atoms with E-state index < -0.39 is 6.04 Å². The first-order valence-corrected chi connectivity index (χ1v) is 9.88. The van der Waals surface area contributed by atoms with Crippen molar-refractivity contribution in [3.05, 3.63) is 60.1 Å². The smallest absolute Gasteiger partial charge is 0.233 e. The van der Waals surface area contributed by atoms with Crippen LogP contribution in [0.5, 0.6) is 0 Å². The number of nitrogens with zero attached hydrogens (tertiary/aromatic N) is 1. The van der Waals surface area contributed by atoms with Gasteiger partial charge in [0.25, 0.3) is 0 Å². The van der Waals surface area contributed by atoms with Crippen molar-refractivity contribution in [2.24, 2.45) is 11.8 Å². The molecule has 1 saturated heterocycles. The molecule has 6 nitrogen and oxygen atoms in total. The summed E-state index contributed by atoms with van der Waals surface area (Å²) in [7, 11) is 0. The number of hydrogen-bond donors (Lipinski definition) is 1. The van der Waals surface area contributed by atoms with Gasteiger partial charge in [-0.15, -0.1) is 0 Å². The molecule has 1 aliphatic carbocycles.